The van der Waals surface area contributed by atoms with Crippen LogP contribution in [0.25, 0.3) is 0 Å². The first-order valence-corrected chi connectivity index (χ1v) is 6.18. The lowest BCUT2D eigenvalue weighted by molar-refractivity contribution is -0.175. The number of carbonyl (C=O) groups excluding carboxylic acids is 1. The van der Waals surface area contributed by atoms with Crippen molar-refractivity contribution < 1.29 is 14.3 Å². The largest absolute Gasteiger partial charge is 0.436 e. The lowest BCUT2D eigenvalue weighted by atomic mass is 9.91. The zero-order valence-electron chi connectivity index (χ0n) is 10.0. The second kappa shape index (κ2) is 5.00. The molecule has 0 aromatic rings. The molecule has 1 fully saturated rings. The van der Waals surface area contributed by atoms with Crippen LogP contribution in [0.5, 0.6) is 0 Å². The molecule has 2 aliphatic carbocycles. The number of fused-ring (bicyclic) bond motifs is 2. The molecule has 0 aromatic carbocycles. The summed E-state index contributed by atoms with van der Waals surface area (Å²) in [4.78, 5) is 11.6. The average molecular weight is 224 g/mol. The first kappa shape index (κ1) is 11.6. The normalized spacial score (nSPS) is 33.0. The van der Waals surface area contributed by atoms with Crippen LogP contribution in [0, 0.1) is 17.8 Å². The maximum absolute atomic E-state index is 11.6. The van der Waals surface area contributed by atoms with Crippen LogP contribution in [0.1, 0.15) is 33.1 Å². The van der Waals surface area contributed by atoms with Gasteiger partial charge in [-0.2, -0.15) is 0 Å². The zero-order valence-corrected chi connectivity index (χ0v) is 10.0. The van der Waals surface area contributed by atoms with E-state index in [2.05, 4.69) is 12.2 Å². The van der Waals surface area contributed by atoms with Gasteiger partial charge in [0.15, 0.2) is 6.29 Å². The molecule has 1 saturated carbocycles. The standard InChI is InChI=1S/C13H20O3/c1-3-15-9(2)16-13(14)8-12-7-10-4-5-11(12)6-10/h4-5,9-12H,3,6-8H2,1-2H3. The third kappa shape index (κ3) is 2.64. The number of rotatable bonds is 5. The second-order valence-corrected chi connectivity index (χ2v) is 4.76. The van der Waals surface area contributed by atoms with E-state index in [0.717, 1.165) is 6.42 Å². The van der Waals surface area contributed by atoms with E-state index < -0.39 is 6.29 Å². The van der Waals surface area contributed by atoms with Crippen LogP contribution in [0.15, 0.2) is 12.2 Å². The van der Waals surface area contributed by atoms with E-state index >= 15 is 0 Å². The highest BCUT2D eigenvalue weighted by atomic mass is 16.7. The molecule has 0 aromatic heterocycles. The van der Waals surface area contributed by atoms with Crippen LogP contribution in [0.3, 0.4) is 0 Å². The minimum absolute atomic E-state index is 0.119. The predicted octanol–water partition coefficient (Wildman–Crippen LogP) is 2.51. The molecular formula is C13H20O3. The lowest BCUT2D eigenvalue weighted by Crippen LogP contribution is -2.21. The zero-order chi connectivity index (χ0) is 11.5. The van der Waals surface area contributed by atoms with Crippen molar-refractivity contribution in [2.75, 3.05) is 6.61 Å². The Morgan fingerprint density at radius 2 is 2.25 bits per heavy atom. The minimum atomic E-state index is -0.411. The Morgan fingerprint density at radius 3 is 2.81 bits per heavy atom. The molecule has 2 bridgehead atoms. The van der Waals surface area contributed by atoms with Crippen molar-refractivity contribution in [1.82, 2.24) is 0 Å². The van der Waals surface area contributed by atoms with Gasteiger partial charge in [-0.1, -0.05) is 12.2 Å². The predicted molar refractivity (Wildman–Crippen MR) is 60.6 cm³/mol. The summed E-state index contributed by atoms with van der Waals surface area (Å²) in [6.07, 6.45) is 7.07. The van der Waals surface area contributed by atoms with Gasteiger partial charge < -0.3 is 9.47 Å². The Balaban J connectivity index is 1.73. The second-order valence-electron chi connectivity index (χ2n) is 4.76. The van der Waals surface area contributed by atoms with Gasteiger partial charge in [-0.3, -0.25) is 4.79 Å². The fourth-order valence-electron chi connectivity index (χ4n) is 2.85. The van der Waals surface area contributed by atoms with Gasteiger partial charge in [-0.15, -0.1) is 0 Å². The first-order chi connectivity index (χ1) is 7.69. The van der Waals surface area contributed by atoms with Crippen molar-refractivity contribution in [3.63, 3.8) is 0 Å². The quantitative estimate of drug-likeness (QED) is 0.409. The van der Waals surface area contributed by atoms with Crippen molar-refractivity contribution in [3.8, 4) is 0 Å². The molecular weight excluding hydrogens is 204 g/mol. The highest BCUT2D eigenvalue weighted by Crippen LogP contribution is 2.44. The van der Waals surface area contributed by atoms with E-state index in [4.69, 9.17) is 9.47 Å². The SMILES string of the molecule is CCOC(C)OC(=O)CC1CC2C=CC1C2. The molecule has 0 radical (unpaired) electrons. The highest BCUT2D eigenvalue weighted by Gasteiger charge is 2.36. The van der Waals surface area contributed by atoms with Crippen molar-refractivity contribution in [2.24, 2.45) is 17.8 Å². The van der Waals surface area contributed by atoms with Crippen LogP contribution in [0.4, 0.5) is 0 Å². The maximum Gasteiger partial charge on any atom is 0.308 e. The molecule has 4 atom stereocenters. The molecule has 2 aliphatic rings. The van der Waals surface area contributed by atoms with E-state index in [-0.39, 0.29) is 5.97 Å². The number of ether oxygens (including phenoxy) is 2. The summed E-state index contributed by atoms with van der Waals surface area (Å²) in [6, 6.07) is 0. The molecule has 16 heavy (non-hydrogen) atoms. The minimum Gasteiger partial charge on any atom is -0.436 e. The summed E-state index contributed by atoms with van der Waals surface area (Å²) < 4.78 is 10.4. The van der Waals surface area contributed by atoms with Crippen molar-refractivity contribution >= 4 is 5.97 Å². The molecule has 0 saturated heterocycles. The summed E-state index contributed by atoms with van der Waals surface area (Å²) in [7, 11) is 0. The van der Waals surface area contributed by atoms with Gasteiger partial charge in [0, 0.05) is 13.0 Å². The van der Waals surface area contributed by atoms with Gasteiger partial charge >= 0.3 is 5.97 Å². The smallest absolute Gasteiger partial charge is 0.308 e. The Morgan fingerprint density at radius 1 is 1.44 bits per heavy atom. The monoisotopic (exact) mass is 224 g/mol. The summed E-state index contributed by atoms with van der Waals surface area (Å²) in [5.41, 5.74) is 0. The Bertz CT molecular complexity index is 285. The van der Waals surface area contributed by atoms with E-state index in [1.54, 1.807) is 6.92 Å². The lowest BCUT2D eigenvalue weighted by Gasteiger charge is -2.18. The molecule has 0 aliphatic heterocycles. The third-order valence-electron chi connectivity index (χ3n) is 3.54. The van der Waals surface area contributed by atoms with Gasteiger partial charge in [0.25, 0.3) is 0 Å². The van der Waals surface area contributed by atoms with Gasteiger partial charge in [0.1, 0.15) is 0 Å². The molecule has 0 amide bonds. The van der Waals surface area contributed by atoms with Crippen molar-refractivity contribution in [1.29, 1.82) is 0 Å². The number of hydrogen-bond acceptors (Lipinski definition) is 3. The first-order valence-electron chi connectivity index (χ1n) is 6.18. The molecule has 90 valence electrons. The van der Waals surface area contributed by atoms with Gasteiger partial charge in [0.2, 0.25) is 0 Å². The third-order valence-corrected chi connectivity index (χ3v) is 3.54. The highest BCUT2D eigenvalue weighted by molar-refractivity contribution is 5.70. The molecule has 0 N–H and O–H groups in total. The molecule has 3 heteroatoms. The van der Waals surface area contributed by atoms with E-state index in [9.17, 15) is 4.79 Å². The number of hydrogen-bond donors (Lipinski definition) is 0. The molecule has 0 heterocycles. The van der Waals surface area contributed by atoms with Gasteiger partial charge in [0.05, 0.1) is 0 Å². The van der Waals surface area contributed by atoms with E-state index in [1.165, 1.54) is 6.42 Å². The number of carbonyl (C=O) groups is 1. The molecule has 3 nitrogen and oxygen atoms in total. The molecule has 4 unspecified atom stereocenters. The van der Waals surface area contributed by atoms with Crippen LogP contribution in [-0.4, -0.2) is 18.9 Å². The van der Waals surface area contributed by atoms with Gasteiger partial charge in [-0.05, 0) is 44.4 Å². The topological polar surface area (TPSA) is 35.5 Å². The molecule has 2 rings (SSSR count). The number of allylic oxidation sites excluding steroid dienone is 2. The summed E-state index contributed by atoms with van der Waals surface area (Å²) >= 11 is 0. The Kier molecular flexibility index (Phi) is 3.64. The fourth-order valence-corrected chi connectivity index (χ4v) is 2.85. The maximum atomic E-state index is 11.6. The number of esters is 1. The summed E-state index contributed by atoms with van der Waals surface area (Å²) in [6.45, 7) is 4.23. The van der Waals surface area contributed by atoms with Crippen LogP contribution < -0.4 is 0 Å². The summed E-state index contributed by atoms with van der Waals surface area (Å²) in [5.74, 6) is 1.70. The van der Waals surface area contributed by atoms with Crippen molar-refractivity contribution in [2.45, 2.75) is 39.4 Å². The van der Waals surface area contributed by atoms with Crippen LogP contribution >= 0.6 is 0 Å². The fraction of sp³-hybridized carbons (Fsp3) is 0.769. The van der Waals surface area contributed by atoms with Crippen molar-refractivity contribution in [3.05, 3.63) is 12.2 Å². The van der Waals surface area contributed by atoms with Crippen LogP contribution in [0.2, 0.25) is 0 Å². The van der Waals surface area contributed by atoms with Gasteiger partial charge in [-0.25, -0.2) is 0 Å². The summed E-state index contributed by atoms with van der Waals surface area (Å²) in [5, 5.41) is 0. The van der Waals surface area contributed by atoms with E-state index in [1.807, 2.05) is 6.92 Å². The van der Waals surface area contributed by atoms with E-state index in [0.29, 0.717) is 30.8 Å². The molecule has 0 spiro atoms. The Labute approximate surface area is 96.8 Å². The Hall–Kier alpha value is -0.830. The van der Waals surface area contributed by atoms with Crippen LogP contribution in [-0.2, 0) is 14.3 Å². The average Bonchev–Trinajstić information content (AvgIpc) is 2.78.